The van der Waals surface area contributed by atoms with E-state index >= 15 is 0 Å². The molecule has 0 bridgehead atoms. The highest BCUT2D eigenvalue weighted by atomic mass is 19.1. The maximum absolute atomic E-state index is 13.8. The number of H-pyrrole nitrogens is 1. The largest absolute Gasteiger partial charge is 0.396 e. The standard InChI is InChI=1S/C25H27FN6/c1-16(2)31-11-13-32(14-12-31)19-6-3-17(4-7-19)24-20-8-10-23(28-25(20)30-29-24)18-5-9-22(27)21(26)15-18/h3-10,15-16H,11-14,27H2,1-2H3,(H,28,29,30). The first-order valence-corrected chi connectivity index (χ1v) is 11.0. The Morgan fingerprint density at radius 1 is 0.938 bits per heavy atom. The molecule has 7 heteroatoms. The molecular formula is C25H27FN6. The molecule has 2 aromatic heterocycles. The van der Waals surface area contributed by atoms with Gasteiger partial charge in [0.15, 0.2) is 5.65 Å². The number of fused-ring (bicyclic) bond motifs is 1. The molecule has 1 saturated heterocycles. The number of nitrogens with one attached hydrogen (secondary N) is 1. The quantitative estimate of drug-likeness (QED) is 0.465. The Labute approximate surface area is 186 Å². The summed E-state index contributed by atoms with van der Waals surface area (Å²) in [5, 5.41) is 8.44. The topological polar surface area (TPSA) is 74.1 Å². The minimum absolute atomic E-state index is 0.127. The molecule has 5 rings (SSSR count). The molecule has 4 aromatic rings. The molecule has 0 saturated carbocycles. The van der Waals surface area contributed by atoms with E-state index in [1.807, 2.05) is 12.1 Å². The van der Waals surface area contributed by atoms with Crippen molar-refractivity contribution in [3.63, 3.8) is 0 Å². The Balaban J connectivity index is 1.37. The highest BCUT2D eigenvalue weighted by molar-refractivity contribution is 5.92. The molecule has 1 aliphatic rings. The van der Waals surface area contributed by atoms with Crippen LogP contribution in [0.2, 0.25) is 0 Å². The minimum atomic E-state index is -0.446. The lowest BCUT2D eigenvalue weighted by Crippen LogP contribution is -2.48. The predicted molar refractivity (Wildman–Crippen MR) is 128 cm³/mol. The summed E-state index contributed by atoms with van der Waals surface area (Å²) < 4.78 is 13.8. The third-order valence-electron chi connectivity index (χ3n) is 6.28. The van der Waals surface area contributed by atoms with E-state index in [1.54, 1.807) is 12.1 Å². The van der Waals surface area contributed by atoms with Crippen molar-refractivity contribution in [2.45, 2.75) is 19.9 Å². The first-order valence-electron chi connectivity index (χ1n) is 11.0. The van der Waals surface area contributed by atoms with E-state index in [0.29, 0.717) is 22.9 Å². The summed E-state index contributed by atoms with van der Waals surface area (Å²) in [6, 6.07) is 17.8. The molecule has 0 unspecified atom stereocenters. The van der Waals surface area contributed by atoms with Crippen molar-refractivity contribution >= 4 is 22.4 Å². The molecule has 0 spiro atoms. The zero-order valence-corrected chi connectivity index (χ0v) is 18.3. The number of hydrogen-bond donors (Lipinski definition) is 2. The van der Waals surface area contributed by atoms with E-state index in [2.05, 4.69) is 63.1 Å². The van der Waals surface area contributed by atoms with E-state index in [4.69, 9.17) is 5.73 Å². The number of aromatic nitrogens is 3. The number of pyridine rings is 1. The normalized spacial score (nSPS) is 15.1. The Kier molecular flexibility index (Phi) is 5.27. The fraction of sp³-hybridized carbons (Fsp3) is 0.280. The number of aromatic amines is 1. The highest BCUT2D eigenvalue weighted by Crippen LogP contribution is 2.30. The van der Waals surface area contributed by atoms with Gasteiger partial charge < -0.3 is 10.6 Å². The van der Waals surface area contributed by atoms with E-state index in [9.17, 15) is 4.39 Å². The second-order valence-corrected chi connectivity index (χ2v) is 8.57. The van der Waals surface area contributed by atoms with Gasteiger partial charge in [0.2, 0.25) is 0 Å². The lowest BCUT2D eigenvalue weighted by atomic mass is 10.1. The summed E-state index contributed by atoms with van der Waals surface area (Å²) in [5.74, 6) is -0.446. The van der Waals surface area contributed by atoms with Gasteiger partial charge in [0, 0.05) is 54.4 Å². The predicted octanol–water partition coefficient (Wildman–Crippen LogP) is 4.54. The molecule has 6 nitrogen and oxygen atoms in total. The van der Waals surface area contributed by atoms with Crippen LogP contribution in [0.1, 0.15) is 13.8 Å². The van der Waals surface area contributed by atoms with Crippen LogP contribution in [0.4, 0.5) is 15.8 Å². The van der Waals surface area contributed by atoms with Gasteiger partial charge in [0.1, 0.15) is 5.82 Å². The number of benzene rings is 2. The number of halogens is 1. The molecule has 0 amide bonds. The van der Waals surface area contributed by atoms with Gasteiger partial charge in [-0.3, -0.25) is 10.00 Å². The van der Waals surface area contributed by atoms with Gasteiger partial charge in [-0.15, -0.1) is 0 Å². The zero-order chi connectivity index (χ0) is 22.2. The molecule has 164 valence electrons. The Morgan fingerprint density at radius 3 is 2.34 bits per heavy atom. The molecule has 3 N–H and O–H groups in total. The third-order valence-corrected chi connectivity index (χ3v) is 6.28. The summed E-state index contributed by atoms with van der Waals surface area (Å²) >= 11 is 0. The van der Waals surface area contributed by atoms with Crippen molar-refractivity contribution in [2.24, 2.45) is 0 Å². The average Bonchev–Trinajstić information content (AvgIpc) is 3.24. The summed E-state index contributed by atoms with van der Waals surface area (Å²) in [5.41, 5.74) is 10.9. The lowest BCUT2D eigenvalue weighted by Gasteiger charge is -2.38. The SMILES string of the molecule is CC(C)N1CCN(c2ccc(-c3[nH]nc4nc(-c5ccc(N)c(F)c5)ccc34)cc2)CC1. The van der Waals surface area contributed by atoms with Crippen molar-refractivity contribution in [3.8, 4) is 22.5 Å². The van der Waals surface area contributed by atoms with Crippen LogP contribution in [0.25, 0.3) is 33.5 Å². The van der Waals surface area contributed by atoms with E-state index < -0.39 is 5.82 Å². The van der Waals surface area contributed by atoms with E-state index in [0.717, 1.165) is 42.8 Å². The second-order valence-electron chi connectivity index (χ2n) is 8.57. The van der Waals surface area contributed by atoms with Gasteiger partial charge in [0.05, 0.1) is 17.1 Å². The summed E-state index contributed by atoms with van der Waals surface area (Å²) in [4.78, 5) is 9.57. The number of nitrogens with two attached hydrogens (primary N) is 1. The van der Waals surface area contributed by atoms with E-state index in [-0.39, 0.29) is 5.69 Å². The molecule has 32 heavy (non-hydrogen) atoms. The van der Waals surface area contributed by atoms with Crippen LogP contribution >= 0.6 is 0 Å². The van der Waals surface area contributed by atoms with Crippen LogP contribution in [0, 0.1) is 5.82 Å². The molecule has 2 aromatic carbocycles. The summed E-state index contributed by atoms with van der Waals surface area (Å²) in [7, 11) is 0. The monoisotopic (exact) mass is 430 g/mol. The van der Waals surface area contributed by atoms with Gasteiger partial charge >= 0.3 is 0 Å². The van der Waals surface area contributed by atoms with Crippen LogP contribution in [0.15, 0.2) is 54.6 Å². The maximum Gasteiger partial charge on any atom is 0.182 e. The van der Waals surface area contributed by atoms with Gasteiger partial charge in [-0.05, 0) is 50.2 Å². The number of piperazine rings is 1. The number of rotatable bonds is 4. The minimum Gasteiger partial charge on any atom is -0.396 e. The Morgan fingerprint density at radius 2 is 1.66 bits per heavy atom. The Bertz CT molecular complexity index is 1240. The van der Waals surface area contributed by atoms with Crippen molar-refractivity contribution < 1.29 is 4.39 Å². The number of nitrogens with zero attached hydrogens (tertiary/aromatic N) is 4. The van der Waals surface area contributed by atoms with Gasteiger partial charge in [-0.2, -0.15) is 5.10 Å². The average molecular weight is 431 g/mol. The highest BCUT2D eigenvalue weighted by Gasteiger charge is 2.19. The third kappa shape index (κ3) is 3.80. The first kappa shape index (κ1) is 20.5. The second kappa shape index (κ2) is 8.24. The number of nitrogen functional groups attached to an aromatic ring is 1. The smallest absolute Gasteiger partial charge is 0.182 e. The van der Waals surface area contributed by atoms with Crippen molar-refractivity contribution in [3.05, 3.63) is 60.4 Å². The zero-order valence-electron chi connectivity index (χ0n) is 18.3. The molecular weight excluding hydrogens is 403 g/mol. The molecule has 0 atom stereocenters. The fourth-order valence-corrected chi connectivity index (χ4v) is 4.30. The number of anilines is 2. The number of hydrogen-bond acceptors (Lipinski definition) is 5. The van der Waals surface area contributed by atoms with E-state index in [1.165, 1.54) is 11.8 Å². The van der Waals surface area contributed by atoms with Crippen LogP contribution in [-0.2, 0) is 0 Å². The van der Waals surface area contributed by atoms with Crippen LogP contribution in [0.3, 0.4) is 0 Å². The molecule has 0 aliphatic carbocycles. The van der Waals surface area contributed by atoms with Gasteiger partial charge in [-0.25, -0.2) is 9.37 Å². The summed E-state index contributed by atoms with van der Waals surface area (Å²) in [6.07, 6.45) is 0. The molecule has 1 aliphatic heterocycles. The fourth-order valence-electron chi connectivity index (χ4n) is 4.30. The van der Waals surface area contributed by atoms with Crippen LogP contribution in [-0.4, -0.2) is 52.3 Å². The lowest BCUT2D eigenvalue weighted by molar-refractivity contribution is 0.209. The molecule has 1 fully saturated rings. The molecule has 0 radical (unpaired) electrons. The van der Waals surface area contributed by atoms with Crippen LogP contribution < -0.4 is 10.6 Å². The Hall–Kier alpha value is -3.45. The van der Waals surface area contributed by atoms with Crippen molar-refractivity contribution in [1.82, 2.24) is 20.1 Å². The van der Waals surface area contributed by atoms with Gasteiger partial charge in [0.25, 0.3) is 0 Å². The molecule has 3 heterocycles. The maximum atomic E-state index is 13.8. The summed E-state index contributed by atoms with van der Waals surface area (Å²) in [6.45, 7) is 8.79. The van der Waals surface area contributed by atoms with Crippen molar-refractivity contribution in [1.29, 1.82) is 0 Å². The van der Waals surface area contributed by atoms with Crippen LogP contribution in [0.5, 0.6) is 0 Å². The van der Waals surface area contributed by atoms with Crippen molar-refractivity contribution in [2.75, 3.05) is 36.8 Å². The first-order chi connectivity index (χ1) is 15.5. The van der Waals surface area contributed by atoms with Gasteiger partial charge in [-0.1, -0.05) is 18.2 Å².